The van der Waals surface area contributed by atoms with E-state index in [1.165, 1.54) is 6.33 Å². The minimum absolute atomic E-state index is 0.635. The monoisotopic (exact) mass is 164 g/mol. The van der Waals surface area contributed by atoms with Gasteiger partial charge < -0.3 is 5.32 Å². The first-order chi connectivity index (χ1) is 5.93. The van der Waals surface area contributed by atoms with Gasteiger partial charge in [0, 0.05) is 6.42 Å². The third kappa shape index (κ3) is 3.17. The summed E-state index contributed by atoms with van der Waals surface area (Å²) in [6, 6.07) is 0. The largest absolute Gasteiger partial charge is 0.306 e. The van der Waals surface area contributed by atoms with Crippen molar-refractivity contribution in [2.45, 2.75) is 12.8 Å². The van der Waals surface area contributed by atoms with Crippen LogP contribution in [0.3, 0.4) is 0 Å². The molecule has 2 N–H and O–H groups in total. The number of hydrogen-bond acceptors (Lipinski definition) is 3. The standard InChI is InChI=1S/C8H12N4/c1-2-5-9-6-3-4-8-10-7-11-12-8/h1,7,9H,3-6H2,(H,10,11,12). The zero-order valence-electron chi connectivity index (χ0n) is 6.88. The average molecular weight is 164 g/mol. The zero-order chi connectivity index (χ0) is 8.65. The van der Waals surface area contributed by atoms with E-state index in [4.69, 9.17) is 6.42 Å². The smallest absolute Gasteiger partial charge is 0.137 e. The van der Waals surface area contributed by atoms with Crippen molar-refractivity contribution in [3.63, 3.8) is 0 Å². The van der Waals surface area contributed by atoms with Crippen molar-refractivity contribution in [1.29, 1.82) is 0 Å². The molecule has 0 fully saturated rings. The summed E-state index contributed by atoms with van der Waals surface area (Å²) in [6.45, 7) is 1.56. The summed E-state index contributed by atoms with van der Waals surface area (Å²) in [7, 11) is 0. The number of rotatable bonds is 5. The van der Waals surface area contributed by atoms with E-state index in [9.17, 15) is 0 Å². The molecule has 1 aromatic heterocycles. The van der Waals surface area contributed by atoms with Crippen molar-refractivity contribution in [1.82, 2.24) is 20.5 Å². The quantitative estimate of drug-likeness (QED) is 0.474. The maximum atomic E-state index is 5.06. The van der Waals surface area contributed by atoms with Gasteiger partial charge in [-0.15, -0.1) is 6.42 Å². The second-order valence-electron chi connectivity index (χ2n) is 2.42. The highest BCUT2D eigenvalue weighted by Gasteiger charge is 1.93. The summed E-state index contributed by atoms with van der Waals surface area (Å²) in [6.07, 6.45) is 8.52. The van der Waals surface area contributed by atoms with Crippen LogP contribution in [0.5, 0.6) is 0 Å². The number of H-pyrrole nitrogens is 1. The van der Waals surface area contributed by atoms with E-state index in [0.717, 1.165) is 25.2 Å². The maximum Gasteiger partial charge on any atom is 0.137 e. The molecular weight excluding hydrogens is 152 g/mol. The van der Waals surface area contributed by atoms with Crippen molar-refractivity contribution in [3.8, 4) is 12.3 Å². The second kappa shape index (κ2) is 5.33. The average Bonchev–Trinajstić information content (AvgIpc) is 2.57. The molecule has 0 radical (unpaired) electrons. The Kier molecular flexibility index (Phi) is 3.89. The van der Waals surface area contributed by atoms with Crippen LogP contribution < -0.4 is 5.32 Å². The number of aromatic amines is 1. The molecule has 1 heterocycles. The Labute approximate surface area is 71.8 Å². The molecule has 0 aromatic carbocycles. The van der Waals surface area contributed by atoms with Gasteiger partial charge in [-0.25, -0.2) is 4.98 Å². The first-order valence-electron chi connectivity index (χ1n) is 3.92. The molecule has 0 saturated carbocycles. The Morgan fingerprint density at radius 3 is 3.25 bits per heavy atom. The van der Waals surface area contributed by atoms with Gasteiger partial charge in [-0.1, -0.05) is 5.92 Å². The summed E-state index contributed by atoms with van der Waals surface area (Å²) in [4.78, 5) is 4.00. The Balaban J connectivity index is 2.01. The van der Waals surface area contributed by atoms with E-state index in [-0.39, 0.29) is 0 Å². The van der Waals surface area contributed by atoms with Gasteiger partial charge >= 0.3 is 0 Å². The lowest BCUT2D eigenvalue weighted by atomic mass is 10.3. The molecule has 64 valence electrons. The van der Waals surface area contributed by atoms with Crippen LogP contribution in [0.4, 0.5) is 0 Å². The molecule has 0 amide bonds. The van der Waals surface area contributed by atoms with Crippen molar-refractivity contribution in [3.05, 3.63) is 12.2 Å². The lowest BCUT2D eigenvalue weighted by molar-refractivity contribution is 0.682. The number of hydrogen-bond donors (Lipinski definition) is 2. The van der Waals surface area contributed by atoms with Gasteiger partial charge in [-0.2, -0.15) is 5.10 Å². The molecule has 0 aliphatic rings. The van der Waals surface area contributed by atoms with Gasteiger partial charge in [0.2, 0.25) is 0 Å². The molecule has 1 rings (SSSR count). The van der Waals surface area contributed by atoms with E-state index in [2.05, 4.69) is 26.4 Å². The highest BCUT2D eigenvalue weighted by atomic mass is 15.2. The highest BCUT2D eigenvalue weighted by Crippen LogP contribution is 1.90. The van der Waals surface area contributed by atoms with Gasteiger partial charge in [0.1, 0.15) is 12.2 Å². The summed E-state index contributed by atoms with van der Waals surface area (Å²) >= 11 is 0. The Hall–Kier alpha value is -1.34. The Morgan fingerprint density at radius 2 is 2.58 bits per heavy atom. The fourth-order valence-corrected chi connectivity index (χ4v) is 0.893. The molecular formula is C8H12N4. The van der Waals surface area contributed by atoms with Gasteiger partial charge in [0.05, 0.1) is 6.54 Å². The molecule has 4 nitrogen and oxygen atoms in total. The molecule has 0 spiro atoms. The lowest BCUT2D eigenvalue weighted by Gasteiger charge is -1.97. The summed E-state index contributed by atoms with van der Waals surface area (Å²) in [5, 5.41) is 9.65. The van der Waals surface area contributed by atoms with Crippen LogP contribution in [0, 0.1) is 12.3 Å². The molecule has 0 aliphatic carbocycles. The maximum absolute atomic E-state index is 5.06. The van der Waals surface area contributed by atoms with Crippen LogP contribution in [0.15, 0.2) is 6.33 Å². The predicted octanol–water partition coefficient (Wildman–Crippen LogP) is -0.0399. The highest BCUT2D eigenvalue weighted by molar-refractivity contribution is 4.86. The Bertz CT molecular complexity index is 234. The molecule has 0 unspecified atom stereocenters. The number of nitrogens with zero attached hydrogens (tertiary/aromatic N) is 2. The van der Waals surface area contributed by atoms with E-state index in [0.29, 0.717) is 6.54 Å². The summed E-state index contributed by atoms with van der Waals surface area (Å²) in [5.74, 6) is 3.44. The third-order valence-corrected chi connectivity index (χ3v) is 1.46. The summed E-state index contributed by atoms with van der Waals surface area (Å²) < 4.78 is 0. The normalized spacial score (nSPS) is 9.58. The molecule has 0 saturated heterocycles. The molecule has 0 bridgehead atoms. The molecule has 4 heteroatoms. The van der Waals surface area contributed by atoms with Crippen LogP contribution in [0.2, 0.25) is 0 Å². The van der Waals surface area contributed by atoms with Crippen molar-refractivity contribution < 1.29 is 0 Å². The lowest BCUT2D eigenvalue weighted by Crippen LogP contribution is -2.15. The van der Waals surface area contributed by atoms with Crippen molar-refractivity contribution in [2.24, 2.45) is 0 Å². The van der Waals surface area contributed by atoms with E-state index in [1.807, 2.05) is 0 Å². The second-order valence-corrected chi connectivity index (χ2v) is 2.42. The number of aryl methyl sites for hydroxylation is 1. The minimum atomic E-state index is 0.635. The van der Waals surface area contributed by atoms with Crippen molar-refractivity contribution in [2.75, 3.05) is 13.1 Å². The van der Waals surface area contributed by atoms with Crippen LogP contribution in [0.1, 0.15) is 12.2 Å². The van der Waals surface area contributed by atoms with Gasteiger partial charge in [0.15, 0.2) is 0 Å². The first kappa shape index (κ1) is 8.75. The third-order valence-electron chi connectivity index (χ3n) is 1.46. The molecule has 0 atom stereocenters. The van der Waals surface area contributed by atoms with Crippen LogP contribution >= 0.6 is 0 Å². The topological polar surface area (TPSA) is 53.6 Å². The Morgan fingerprint density at radius 1 is 1.67 bits per heavy atom. The zero-order valence-corrected chi connectivity index (χ0v) is 6.88. The SMILES string of the molecule is C#CCNCCCc1ncn[nH]1. The fourth-order valence-electron chi connectivity index (χ4n) is 0.893. The van der Waals surface area contributed by atoms with E-state index >= 15 is 0 Å². The predicted molar refractivity (Wildman–Crippen MR) is 46.4 cm³/mol. The van der Waals surface area contributed by atoms with Crippen LogP contribution in [-0.2, 0) is 6.42 Å². The fraction of sp³-hybridized carbons (Fsp3) is 0.500. The van der Waals surface area contributed by atoms with E-state index in [1.54, 1.807) is 0 Å². The number of nitrogens with one attached hydrogen (secondary N) is 2. The molecule has 0 aliphatic heterocycles. The first-order valence-corrected chi connectivity index (χ1v) is 3.92. The van der Waals surface area contributed by atoms with Gasteiger partial charge in [0.25, 0.3) is 0 Å². The van der Waals surface area contributed by atoms with Crippen LogP contribution in [0.25, 0.3) is 0 Å². The van der Waals surface area contributed by atoms with E-state index < -0.39 is 0 Å². The molecule has 12 heavy (non-hydrogen) atoms. The molecule has 1 aromatic rings. The number of terminal acetylenes is 1. The van der Waals surface area contributed by atoms with Gasteiger partial charge in [-0.3, -0.25) is 5.10 Å². The van der Waals surface area contributed by atoms with Gasteiger partial charge in [-0.05, 0) is 13.0 Å². The van der Waals surface area contributed by atoms with Crippen molar-refractivity contribution >= 4 is 0 Å². The van der Waals surface area contributed by atoms with Crippen LogP contribution in [-0.4, -0.2) is 28.3 Å². The summed E-state index contributed by atoms with van der Waals surface area (Å²) in [5.41, 5.74) is 0. The number of aromatic nitrogens is 3. The minimum Gasteiger partial charge on any atom is -0.306 e.